The van der Waals surface area contributed by atoms with Crippen molar-refractivity contribution in [1.82, 2.24) is 4.72 Å². The first-order chi connectivity index (χ1) is 9.88. The monoisotopic (exact) mass is 318 g/mol. The molecule has 1 rings (SSSR count). The van der Waals surface area contributed by atoms with Gasteiger partial charge in [0.2, 0.25) is 10.0 Å². The first kappa shape index (κ1) is 17.5. The molecule has 0 heterocycles. The van der Waals surface area contributed by atoms with E-state index < -0.39 is 14.9 Å². The average Bonchev–Trinajstić information content (AvgIpc) is 2.42. The summed E-state index contributed by atoms with van der Waals surface area (Å²) in [6.07, 6.45) is 0.464. The molecule has 1 aromatic carbocycles. The summed E-state index contributed by atoms with van der Waals surface area (Å²) in [7, 11) is -3.70. The summed E-state index contributed by atoms with van der Waals surface area (Å²) in [4.78, 5) is 10.1. The van der Waals surface area contributed by atoms with Crippen LogP contribution in [0.3, 0.4) is 0 Å². The molecule has 0 spiro atoms. The van der Waals surface area contributed by atoms with Crippen molar-refractivity contribution >= 4 is 15.7 Å². The molecule has 0 atom stereocenters. The van der Waals surface area contributed by atoms with Crippen LogP contribution >= 0.6 is 0 Å². The van der Waals surface area contributed by atoms with Crippen LogP contribution in [-0.2, 0) is 14.8 Å². The Morgan fingerprint density at radius 3 is 2.67 bits per heavy atom. The Morgan fingerprint density at radius 1 is 1.38 bits per heavy atom. The van der Waals surface area contributed by atoms with Gasteiger partial charge < -0.3 is 9.84 Å². The number of aliphatic hydroxyl groups is 1. The summed E-state index contributed by atoms with van der Waals surface area (Å²) in [6, 6.07) is 3.60. The molecule has 0 fully saturated rings. The smallest absolute Gasteiger partial charge is 0.269 e. The first-order valence-corrected chi connectivity index (χ1v) is 7.80. The molecular formula is C12H18N2O6S. The van der Waals surface area contributed by atoms with E-state index in [9.17, 15) is 18.5 Å². The Labute approximate surface area is 122 Å². The third kappa shape index (κ3) is 5.38. The lowest BCUT2D eigenvalue weighted by molar-refractivity contribution is -0.385. The summed E-state index contributed by atoms with van der Waals surface area (Å²) in [5.74, 6) is 0. The lowest BCUT2D eigenvalue weighted by atomic mass is 10.2. The van der Waals surface area contributed by atoms with Gasteiger partial charge >= 0.3 is 0 Å². The van der Waals surface area contributed by atoms with Crippen molar-refractivity contribution in [2.24, 2.45) is 0 Å². The maximum atomic E-state index is 12.1. The lowest BCUT2D eigenvalue weighted by Gasteiger charge is -2.09. The zero-order valence-corrected chi connectivity index (χ0v) is 12.4. The van der Waals surface area contributed by atoms with Gasteiger partial charge in [-0.3, -0.25) is 10.1 Å². The molecule has 8 nitrogen and oxygen atoms in total. The average molecular weight is 318 g/mol. The quantitative estimate of drug-likeness (QED) is 0.390. The van der Waals surface area contributed by atoms with E-state index in [1.807, 2.05) is 0 Å². The van der Waals surface area contributed by atoms with Gasteiger partial charge in [-0.05, 0) is 25.0 Å². The highest BCUT2D eigenvalue weighted by Crippen LogP contribution is 2.20. The fourth-order valence-electron chi connectivity index (χ4n) is 1.67. The van der Waals surface area contributed by atoms with Crippen molar-refractivity contribution in [2.75, 3.05) is 26.4 Å². The van der Waals surface area contributed by atoms with Gasteiger partial charge in [0.05, 0.1) is 23.0 Å². The van der Waals surface area contributed by atoms with Crippen molar-refractivity contribution in [3.63, 3.8) is 0 Å². The van der Waals surface area contributed by atoms with Gasteiger partial charge in [-0.1, -0.05) is 0 Å². The number of hydrogen-bond acceptors (Lipinski definition) is 6. The molecule has 9 heteroatoms. The number of nitro benzene ring substituents is 1. The van der Waals surface area contributed by atoms with Gasteiger partial charge in [0.15, 0.2) is 0 Å². The van der Waals surface area contributed by atoms with Crippen LogP contribution in [-0.4, -0.2) is 44.8 Å². The van der Waals surface area contributed by atoms with Crippen molar-refractivity contribution in [3.8, 4) is 0 Å². The van der Waals surface area contributed by atoms with Crippen LogP contribution in [0.25, 0.3) is 0 Å². The number of nitro groups is 1. The van der Waals surface area contributed by atoms with Crippen LogP contribution in [0.5, 0.6) is 0 Å². The van der Waals surface area contributed by atoms with E-state index in [0.717, 1.165) is 6.07 Å². The second-order valence-electron chi connectivity index (χ2n) is 4.29. The third-order valence-electron chi connectivity index (χ3n) is 2.65. The highest BCUT2D eigenvalue weighted by molar-refractivity contribution is 7.89. The summed E-state index contributed by atoms with van der Waals surface area (Å²) < 4.78 is 31.5. The Balaban J connectivity index is 2.64. The SMILES string of the molecule is Cc1cc([N+](=O)[O-])ccc1S(=O)(=O)NCCCOCCO. The zero-order chi connectivity index (χ0) is 15.9. The van der Waals surface area contributed by atoms with E-state index in [2.05, 4.69) is 4.72 Å². The van der Waals surface area contributed by atoms with Crippen LogP contribution in [0, 0.1) is 17.0 Å². The summed E-state index contributed by atoms with van der Waals surface area (Å²) in [5, 5.41) is 19.1. The number of aryl methyl sites for hydroxylation is 1. The standard InChI is InChI=1S/C12H18N2O6S/c1-10-9-11(14(16)17)3-4-12(10)21(18,19)13-5-2-7-20-8-6-15/h3-4,9,13,15H,2,5-8H2,1H3. The zero-order valence-electron chi connectivity index (χ0n) is 11.6. The van der Waals surface area contributed by atoms with E-state index >= 15 is 0 Å². The molecule has 0 aromatic heterocycles. The molecule has 0 aliphatic heterocycles. The van der Waals surface area contributed by atoms with Gasteiger partial charge in [-0.2, -0.15) is 0 Å². The maximum Gasteiger partial charge on any atom is 0.269 e. The van der Waals surface area contributed by atoms with Crippen LogP contribution in [0.1, 0.15) is 12.0 Å². The molecule has 1 aromatic rings. The van der Waals surface area contributed by atoms with Crippen molar-refractivity contribution < 1.29 is 23.2 Å². The predicted octanol–water partition coefficient (Wildman–Crippen LogP) is 0.581. The number of hydrogen-bond donors (Lipinski definition) is 2. The summed E-state index contributed by atoms with van der Waals surface area (Å²) in [6.45, 7) is 2.17. The topological polar surface area (TPSA) is 119 Å². The normalized spacial score (nSPS) is 11.5. The van der Waals surface area contributed by atoms with Gasteiger partial charge in [0, 0.05) is 25.3 Å². The molecule has 21 heavy (non-hydrogen) atoms. The largest absolute Gasteiger partial charge is 0.394 e. The molecule has 0 amide bonds. The molecule has 0 unspecified atom stereocenters. The highest BCUT2D eigenvalue weighted by atomic mass is 32.2. The summed E-state index contributed by atoms with van der Waals surface area (Å²) in [5.41, 5.74) is 0.164. The van der Waals surface area contributed by atoms with Crippen LogP contribution in [0.4, 0.5) is 5.69 Å². The number of ether oxygens (including phenoxy) is 1. The van der Waals surface area contributed by atoms with E-state index in [1.165, 1.54) is 19.1 Å². The van der Waals surface area contributed by atoms with Crippen molar-refractivity contribution in [2.45, 2.75) is 18.2 Å². The fourth-order valence-corrected chi connectivity index (χ4v) is 2.97. The van der Waals surface area contributed by atoms with Crippen LogP contribution in [0.15, 0.2) is 23.1 Å². The molecule has 118 valence electrons. The van der Waals surface area contributed by atoms with Gasteiger partial charge in [-0.15, -0.1) is 0 Å². The Morgan fingerprint density at radius 2 is 2.10 bits per heavy atom. The highest BCUT2D eigenvalue weighted by Gasteiger charge is 2.18. The van der Waals surface area contributed by atoms with Crippen LogP contribution < -0.4 is 4.72 Å². The molecule has 0 aliphatic carbocycles. The minimum atomic E-state index is -3.70. The second-order valence-corrected chi connectivity index (χ2v) is 6.03. The number of aliphatic hydroxyl groups excluding tert-OH is 1. The Bertz CT molecular complexity index is 587. The third-order valence-corrected chi connectivity index (χ3v) is 4.27. The number of rotatable bonds is 9. The number of nitrogens with zero attached hydrogens (tertiary/aromatic N) is 1. The Hall–Kier alpha value is -1.55. The second kappa shape index (κ2) is 8.03. The molecular weight excluding hydrogens is 300 g/mol. The summed E-state index contributed by atoms with van der Waals surface area (Å²) >= 11 is 0. The molecule has 0 bridgehead atoms. The van der Waals surface area contributed by atoms with Crippen molar-refractivity contribution in [3.05, 3.63) is 33.9 Å². The van der Waals surface area contributed by atoms with E-state index in [-0.39, 0.29) is 30.3 Å². The van der Waals surface area contributed by atoms with Crippen LogP contribution in [0.2, 0.25) is 0 Å². The first-order valence-electron chi connectivity index (χ1n) is 6.32. The molecule has 2 N–H and O–H groups in total. The number of non-ortho nitro benzene ring substituents is 1. The minimum Gasteiger partial charge on any atom is -0.394 e. The van der Waals surface area contributed by atoms with Gasteiger partial charge in [-0.25, -0.2) is 13.1 Å². The van der Waals surface area contributed by atoms with E-state index in [0.29, 0.717) is 18.6 Å². The molecule has 0 aliphatic rings. The Kier molecular flexibility index (Phi) is 6.69. The van der Waals surface area contributed by atoms with E-state index in [4.69, 9.17) is 9.84 Å². The molecule has 0 radical (unpaired) electrons. The minimum absolute atomic E-state index is 0.0179. The maximum absolute atomic E-state index is 12.1. The van der Waals surface area contributed by atoms with E-state index in [1.54, 1.807) is 0 Å². The lowest BCUT2D eigenvalue weighted by Crippen LogP contribution is -2.26. The van der Waals surface area contributed by atoms with Gasteiger partial charge in [0.25, 0.3) is 5.69 Å². The predicted molar refractivity (Wildman–Crippen MR) is 75.5 cm³/mol. The van der Waals surface area contributed by atoms with Crippen molar-refractivity contribution in [1.29, 1.82) is 0 Å². The number of nitrogens with one attached hydrogen (secondary N) is 1. The number of benzene rings is 1. The van der Waals surface area contributed by atoms with Gasteiger partial charge in [0.1, 0.15) is 0 Å². The molecule has 0 saturated heterocycles. The fraction of sp³-hybridized carbons (Fsp3) is 0.500. The number of sulfonamides is 1. The molecule has 0 saturated carbocycles.